The smallest absolute Gasteiger partial charge is 0.317 e. The van der Waals surface area contributed by atoms with E-state index < -0.39 is 0 Å². The third-order valence-corrected chi connectivity index (χ3v) is 2.98. The summed E-state index contributed by atoms with van der Waals surface area (Å²) in [6.45, 7) is 3.80. The van der Waals surface area contributed by atoms with E-state index in [0.29, 0.717) is 13.2 Å². The number of amides is 2. The highest BCUT2D eigenvalue weighted by Crippen LogP contribution is 2.11. The second-order valence-electron chi connectivity index (χ2n) is 4.37. The fourth-order valence-corrected chi connectivity index (χ4v) is 1.84. The molecule has 1 atom stereocenters. The van der Waals surface area contributed by atoms with Gasteiger partial charge in [-0.05, 0) is 19.4 Å². The summed E-state index contributed by atoms with van der Waals surface area (Å²) >= 11 is 0. The van der Waals surface area contributed by atoms with E-state index >= 15 is 0 Å². The third kappa shape index (κ3) is 3.00. The fraction of sp³-hybridized carbons (Fsp3) is 0.583. The molecule has 1 aromatic heterocycles. The molecule has 5 nitrogen and oxygen atoms in total. The first kappa shape index (κ1) is 12.0. The highest BCUT2D eigenvalue weighted by Gasteiger charge is 2.20. The van der Waals surface area contributed by atoms with Crippen LogP contribution in [0.15, 0.2) is 16.7 Å². The Morgan fingerprint density at radius 2 is 2.47 bits per heavy atom. The number of urea groups is 1. The van der Waals surface area contributed by atoms with E-state index in [9.17, 15) is 4.79 Å². The zero-order valence-electron chi connectivity index (χ0n) is 10.2. The predicted octanol–water partition coefficient (Wildman–Crippen LogP) is 1.52. The van der Waals surface area contributed by atoms with Crippen LogP contribution in [-0.4, -0.2) is 37.2 Å². The molecular formula is C12H18N2O3. The number of nitrogens with one attached hydrogen (secondary N) is 1. The maximum atomic E-state index is 11.9. The normalized spacial score (nSPS) is 19.3. The second-order valence-corrected chi connectivity index (χ2v) is 4.37. The lowest BCUT2D eigenvalue weighted by Gasteiger charge is -2.20. The van der Waals surface area contributed by atoms with Gasteiger partial charge in [0.25, 0.3) is 0 Å². The molecule has 0 spiro atoms. The van der Waals surface area contributed by atoms with Crippen molar-refractivity contribution < 1.29 is 13.9 Å². The van der Waals surface area contributed by atoms with Crippen LogP contribution in [0.5, 0.6) is 0 Å². The summed E-state index contributed by atoms with van der Waals surface area (Å²) in [5.41, 5.74) is 1.03. The Kier molecular flexibility index (Phi) is 3.68. The molecular weight excluding hydrogens is 220 g/mol. The molecule has 17 heavy (non-hydrogen) atoms. The standard InChI is InChI=1S/C12H18N2O3/c1-9-10(3-6-17-9)7-14(2)12(15)13-11-4-5-16-8-11/h3,6,11H,4-5,7-8H2,1-2H3,(H,13,15). The van der Waals surface area contributed by atoms with Gasteiger partial charge in [-0.15, -0.1) is 0 Å². The number of ether oxygens (including phenoxy) is 1. The Bertz CT molecular complexity index is 383. The number of nitrogens with zero attached hydrogens (tertiary/aromatic N) is 1. The molecule has 0 saturated carbocycles. The summed E-state index contributed by atoms with van der Waals surface area (Å²) in [5.74, 6) is 0.855. The lowest BCUT2D eigenvalue weighted by molar-refractivity contribution is 0.181. The number of hydrogen-bond acceptors (Lipinski definition) is 3. The maximum Gasteiger partial charge on any atom is 0.317 e. The van der Waals surface area contributed by atoms with Crippen LogP contribution in [0.2, 0.25) is 0 Å². The molecule has 2 heterocycles. The molecule has 5 heteroatoms. The highest BCUT2D eigenvalue weighted by atomic mass is 16.5. The van der Waals surface area contributed by atoms with Crippen molar-refractivity contribution in [3.05, 3.63) is 23.7 Å². The number of furan rings is 1. The molecule has 0 aromatic carbocycles. The van der Waals surface area contributed by atoms with Crippen LogP contribution in [0.3, 0.4) is 0 Å². The number of aryl methyl sites for hydroxylation is 1. The van der Waals surface area contributed by atoms with Crippen molar-refractivity contribution in [3.8, 4) is 0 Å². The SMILES string of the molecule is Cc1occc1CN(C)C(=O)NC1CCOC1. The van der Waals surface area contributed by atoms with Crippen molar-refractivity contribution in [1.29, 1.82) is 0 Å². The predicted molar refractivity (Wildman–Crippen MR) is 62.7 cm³/mol. The molecule has 1 aliphatic rings. The van der Waals surface area contributed by atoms with Crippen molar-refractivity contribution >= 4 is 6.03 Å². The molecule has 1 unspecified atom stereocenters. The number of hydrogen-bond donors (Lipinski definition) is 1. The van der Waals surface area contributed by atoms with Gasteiger partial charge in [-0.25, -0.2) is 4.79 Å². The Labute approximate surface area is 101 Å². The molecule has 2 rings (SSSR count). The van der Waals surface area contributed by atoms with Crippen LogP contribution in [0, 0.1) is 6.92 Å². The van der Waals surface area contributed by atoms with E-state index in [2.05, 4.69) is 5.32 Å². The first-order valence-electron chi connectivity index (χ1n) is 5.79. The van der Waals surface area contributed by atoms with Crippen LogP contribution >= 0.6 is 0 Å². The van der Waals surface area contributed by atoms with Gasteiger partial charge in [-0.2, -0.15) is 0 Å². The van der Waals surface area contributed by atoms with E-state index in [1.807, 2.05) is 13.0 Å². The van der Waals surface area contributed by atoms with Crippen molar-refractivity contribution in [2.45, 2.75) is 25.9 Å². The van der Waals surface area contributed by atoms with Gasteiger partial charge in [-0.3, -0.25) is 0 Å². The summed E-state index contributed by atoms with van der Waals surface area (Å²) in [4.78, 5) is 13.5. The van der Waals surface area contributed by atoms with E-state index in [1.54, 1.807) is 18.2 Å². The number of carbonyl (C=O) groups excluding carboxylic acids is 1. The van der Waals surface area contributed by atoms with Crippen molar-refractivity contribution in [3.63, 3.8) is 0 Å². The summed E-state index contributed by atoms with van der Waals surface area (Å²) in [6, 6.07) is 1.97. The molecule has 0 aliphatic carbocycles. The first-order valence-corrected chi connectivity index (χ1v) is 5.79. The van der Waals surface area contributed by atoms with E-state index in [-0.39, 0.29) is 12.1 Å². The van der Waals surface area contributed by atoms with Crippen LogP contribution in [0.4, 0.5) is 4.79 Å². The topological polar surface area (TPSA) is 54.7 Å². The average molecular weight is 238 g/mol. The Morgan fingerprint density at radius 3 is 3.06 bits per heavy atom. The minimum absolute atomic E-state index is 0.0684. The molecule has 1 aliphatic heterocycles. The zero-order valence-corrected chi connectivity index (χ0v) is 10.2. The molecule has 0 bridgehead atoms. The highest BCUT2D eigenvalue weighted by molar-refractivity contribution is 5.74. The Morgan fingerprint density at radius 1 is 1.65 bits per heavy atom. The molecule has 1 fully saturated rings. The molecule has 0 radical (unpaired) electrons. The van der Waals surface area contributed by atoms with E-state index in [4.69, 9.17) is 9.15 Å². The summed E-state index contributed by atoms with van der Waals surface area (Å²) in [7, 11) is 1.78. The zero-order chi connectivity index (χ0) is 12.3. The third-order valence-electron chi connectivity index (χ3n) is 2.98. The minimum Gasteiger partial charge on any atom is -0.469 e. The van der Waals surface area contributed by atoms with Gasteiger partial charge in [0.05, 0.1) is 25.5 Å². The van der Waals surface area contributed by atoms with Crippen LogP contribution in [0.1, 0.15) is 17.7 Å². The van der Waals surface area contributed by atoms with Crippen LogP contribution in [-0.2, 0) is 11.3 Å². The van der Waals surface area contributed by atoms with Gasteiger partial charge in [0.15, 0.2) is 0 Å². The Hall–Kier alpha value is -1.49. The molecule has 1 aromatic rings. The minimum atomic E-state index is -0.0684. The molecule has 1 saturated heterocycles. The summed E-state index contributed by atoms with van der Waals surface area (Å²) in [6.07, 6.45) is 2.53. The van der Waals surface area contributed by atoms with E-state index in [1.165, 1.54) is 0 Å². The van der Waals surface area contributed by atoms with Gasteiger partial charge < -0.3 is 19.4 Å². The number of rotatable bonds is 3. The molecule has 94 valence electrons. The van der Waals surface area contributed by atoms with E-state index in [0.717, 1.165) is 24.4 Å². The van der Waals surface area contributed by atoms with Crippen LogP contribution in [0.25, 0.3) is 0 Å². The monoisotopic (exact) mass is 238 g/mol. The molecule has 2 amide bonds. The molecule has 1 N–H and O–H groups in total. The average Bonchev–Trinajstić information content (AvgIpc) is 2.91. The van der Waals surface area contributed by atoms with Crippen LogP contribution < -0.4 is 5.32 Å². The van der Waals surface area contributed by atoms with Gasteiger partial charge >= 0.3 is 6.03 Å². The van der Waals surface area contributed by atoms with Gasteiger partial charge in [-0.1, -0.05) is 0 Å². The van der Waals surface area contributed by atoms with Gasteiger partial charge in [0.1, 0.15) is 5.76 Å². The maximum absolute atomic E-state index is 11.9. The summed E-state index contributed by atoms with van der Waals surface area (Å²) in [5, 5.41) is 2.94. The lowest BCUT2D eigenvalue weighted by atomic mass is 10.2. The fourth-order valence-electron chi connectivity index (χ4n) is 1.84. The lowest BCUT2D eigenvalue weighted by Crippen LogP contribution is -2.43. The first-order chi connectivity index (χ1) is 8.16. The van der Waals surface area contributed by atoms with Crippen molar-refractivity contribution in [1.82, 2.24) is 10.2 Å². The summed E-state index contributed by atoms with van der Waals surface area (Å²) < 4.78 is 10.4. The second kappa shape index (κ2) is 5.23. The van der Waals surface area contributed by atoms with Crippen molar-refractivity contribution in [2.24, 2.45) is 0 Å². The van der Waals surface area contributed by atoms with Gasteiger partial charge in [0, 0.05) is 19.2 Å². The largest absolute Gasteiger partial charge is 0.469 e. The number of carbonyl (C=O) groups is 1. The van der Waals surface area contributed by atoms with Crippen molar-refractivity contribution in [2.75, 3.05) is 20.3 Å². The Balaban J connectivity index is 1.84. The quantitative estimate of drug-likeness (QED) is 0.868. The van der Waals surface area contributed by atoms with Gasteiger partial charge in [0.2, 0.25) is 0 Å².